The molecule has 7 heteroatoms. The molecular formula is C23H32N3O3S+. The number of carbonyl (C=O) groups is 1. The van der Waals surface area contributed by atoms with E-state index in [2.05, 4.69) is 22.2 Å². The minimum absolute atomic E-state index is 0.0710. The summed E-state index contributed by atoms with van der Waals surface area (Å²) in [5.74, 6) is -0.165. The summed E-state index contributed by atoms with van der Waals surface area (Å²) in [7, 11) is -3.60. The smallest absolute Gasteiger partial charge is 0.240 e. The lowest BCUT2D eigenvalue weighted by molar-refractivity contribution is -0.918. The van der Waals surface area contributed by atoms with Gasteiger partial charge in [-0.15, -0.1) is 0 Å². The van der Waals surface area contributed by atoms with Crippen molar-refractivity contribution in [3.8, 4) is 0 Å². The molecule has 1 aliphatic heterocycles. The van der Waals surface area contributed by atoms with E-state index in [9.17, 15) is 13.2 Å². The number of rotatable bonds is 9. The minimum Gasteiger partial charge on any atom is -0.352 e. The van der Waals surface area contributed by atoms with E-state index in [1.165, 1.54) is 37.9 Å². The lowest BCUT2D eigenvalue weighted by Gasteiger charge is -2.24. The van der Waals surface area contributed by atoms with E-state index < -0.39 is 10.0 Å². The monoisotopic (exact) mass is 430 g/mol. The van der Waals surface area contributed by atoms with Crippen molar-refractivity contribution in [2.24, 2.45) is 0 Å². The van der Waals surface area contributed by atoms with Crippen LogP contribution in [0.15, 0.2) is 53.4 Å². The first-order valence-electron chi connectivity index (χ1n) is 10.7. The molecule has 0 aromatic heterocycles. The van der Waals surface area contributed by atoms with Crippen LogP contribution in [0.25, 0.3) is 0 Å². The molecule has 0 spiro atoms. The molecule has 0 bridgehead atoms. The van der Waals surface area contributed by atoms with E-state index >= 15 is 0 Å². The molecule has 162 valence electrons. The Morgan fingerprint density at radius 2 is 1.63 bits per heavy atom. The maximum Gasteiger partial charge on any atom is 0.240 e. The van der Waals surface area contributed by atoms with Gasteiger partial charge >= 0.3 is 0 Å². The van der Waals surface area contributed by atoms with Gasteiger partial charge in [0.25, 0.3) is 0 Å². The number of piperidine rings is 1. The van der Waals surface area contributed by atoms with Gasteiger partial charge in [0.15, 0.2) is 0 Å². The first kappa shape index (κ1) is 22.5. The molecule has 2 aromatic carbocycles. The molecule has 1 saturated heterocycles. The van der Waals surface area contributed by atoms with E-state index in [1.807, 2.05) is 19.1 Å². The van der Waals surface area contributed by atoms with E-state index in [0.29, 0.717) is 6.54 Å². The second-order valence-electron chi connectivity index (χ2n) is 7.99. The Kier molecular flexibility index (Phi) is 8.01. The SMILES string of the molecule is Cc1ccc(S(=O)(=O)NCCC(=O)NCc2ccccc2C[NH+]2CCCCC2)cc1. The van der Waals surface area contributed by atoms with Crippen LogP contribution in [-0.4, -0.2) is 34.0 Å². The fourth-order valence-electron chi connectivity index (χ4n) is 3.78. The van der Waals surface area contributed by atoms with Gasteiger partial charge in [-0.1, -0.05) is 42.0 Å². The summed E-state index contributed by atoms with van der Waals surface area (Å²) in [4.78, 5) is 14.0. The van der Waals surface area contributed by atoms with Crippen molar-refractivity contribution in [2.45, 2.75) is 50.6 Å². The van der Waals surface area contributed by atoms with E-state index in [4.69, 9.17) is 0 Å². The normalized spacial score (nSPS) is 15.1. The van der Waals surface area contributed by atoms with Crippen LogP contribution in [-0.2, 0) is 27.9 Å². The number of hydrogen-bond acceptors (Lipinski definition) is 3. The average molecular weight is 431 g/mol. The summed E-state index contributed by atoms with van der Waals surface area (Å²) in [6.45, 7) is 5.85. The molecular weight excluding hydrogens is 398 g/mol. The standard InChI is InChI=1S/C23H31N3O3S/c1-19-9-11-22(12-10-19)30(28,29)25-14-13-23(27)24-17-20-7-3-4-8-21(20)18-26-15-5-2-6-16-26/h3-4,7-12,25H,2,5-6,13-18H2,1H3,(H,24,27)/p+1. The topological polar surface area (TPSA) is 79.7 Å². The van der Waals surface area contributed by atoms with Crippen LogP contribution in [0.2, 0.25) is 0 Å². The number of nitrogens with one attached hydrogen (secondary N) is 3. The number of quaternary nitrogens is 1. The third-order valence-electron chi connectivity index (χ3n) is 5.57. The maximum atomic E-state index is 12.3. The van der Waals surface area contributed by atoms with Crippen molar-refractivity contribution < 1.29 is 18.1 Å². The van der Waals surface area contributed by atoms with E-state index in [0.717, 1.165) is 17.7 Å². The summed E-state index contributed by atoms with van der Waals surface area (Å²) in [5.41, 5.74) is 3.40. The molecule has 1 aliphatic rings. The molecule has 6 nitrogen and oxygen atoms in total. The molecule has 1 heterocycles. The fourth-order valence-corrected chi connectivity index (χ4v) is 4.81. The van der Waals surface area contributed by atoms with Gasteiger partial charge in [-0.3, -0.25) is 4.79 Å². The first-order valence-corrected chi connectivity index (χ1v) is 12.2. The largest absolute Gasteiger partial charge is 0.352 e. The van der Waals surface area contributed by atoms with E-state index in [1.54, 1.807) is 29.2 Å². The summed E-state index contributed by atoms with van der Waals surface area (Å²) in [6.07, 6.45) is 4.00. The second-order valence-corrected chi connectivity index (χ2v) is 9.76. The molecule has 3 rings (SSSR count). The van der Waals surface area contributed by atoms with Gasteiger partial charge in [0, 0.05) is 25.1 Å². The highest BCUT2D eigenvalue weighted by molar-refractivity contribution is 7.89. The Balaban J connectivity index is 1.46. The highest BCUT2D eigenvalue weighted by Gasteiger charge is 2.16. The number of carbonyl (C=O) groups excluding carboxylic acids is 1. The molecule has 0 atom stereocenters. The molecule has 0 saturated carbocycles. The summed E-state index contributed by atoms with van der Waals surface area (Å²) < 4.78 is 27.1. The van der Waals surface area contributed by atoms with Crippen molar-refractivity contribution in [2.75, 3.05) is 19.6 Å². The Labute approximate surface area is 179 Å². The van der Waals surface area contributed by atoms with Crippen LogP contribution in [0.1, 0.15) is 42.4 Å². The number of hydrogen-bond donors (Lipinski definition) is 3. The lowest BCUT2D eigenvalue weighted by Crippen LogP contribution is -3.11. The van der Waals surface area contributed by atoms with Crippen LogP contribution in [0.5, 0.6) is 0 Å². The molecule has 1 fully saturated rings. The maximum absolute atomic E-state index is 12.3. The molecule has 3 N–H and O–H groups in total. The van der Waals surface area contributed by atoms with E-state index in [-0.39, 0.29) is 23.8 Å². The van der Waals surface area contributed by atoms with Gasteiger partial charge in [0.05, 0.1) is 18.0 Å². The molecule has 1 amide bonds. The Morgan fingerprint density at radius 3 is 2.33 bits per heavy atom. The van der Waals surface area contributed by atoms with Crippen LogP contribution in [0.3, 0.4) is 0 Å². The third-order valence-corrected chi connectivity index (χ3v) is 7.05. The number of aryl methyl sites for hydroxylation is 1. The number of sulfonamides is 1. The minimum atomic E-state index is -3.60. The molecule has 0 radical (unpaired) electrons. The van der Waals surface area contributed by atoms with Crippen molar-refractivity contribution >= 4 is 15.9 Å². The highest BCUT2D eigenvalue weighted by atomic mass is 32.2. The second kappa shape index (κ2) is 10.7. The van der Waals surface area contributed by atoms with Gasteiger partial charge in [0.2, 0.25) is 15.9 Å². The Morgan fingerprint density at radius 1 is 0.967 bits per heavy atom. The zero-order valence-corrected chi connectivity index (χ0v) is 18.4. The van der Waals surface area contributed by atoms with Crippen molar-refractivity contribution in [3.05, 3.63) is 65.2 Å². The Hall–Kier alpha value is -2.22. The predicted molar refractivity (Wildman–Crippen MR) is 118 cm³/mol. The summed E-state index contributed by atoms with van der Waals surface area (Å²) in [6, 6.07) is 14.9. The molecule has 0 unspecified atom stereocenters. The van der Waals surface area contributed by atoms with Gasteiger partial charge in [0.1, 0.15) is 6.54 Å². The van der Waals surface area contributed by atoms with Crippen molar-refractivity contribution in [3.63, 3.8) is 0 Å². The van der Waals surface area contributed by atoms with Gasteiger partial charge in [-0.05, 0) is 43.9 Å². The van der Waals surface area contributed by atoms with Gasteiger partial charge in [-0.2, -0.15) is 0 Å². The predicted octanol–water partition coefficient (Wildman–Crippen LogP) is 1.55. The van der Waals surface area contributed by atoms with Crippen molar-refractivity contribution in [1.82, 2.24) is 10.0 Å². The third kappa shape index (κ3) is 6.65. The van der Waals surface area contributed by atoms with Crippen LogP contribution in [0, 0.1) is 6.92 Å². The highest BCUT2D eigenvalue weighted by Crippen LogP contribution is 2.10. The molecule has 30 heavy (non-hydrogen) atoms. The Bertz CT molecular complexity index is 936. The average Bonchev–Trinajstić information content (AvgIpc) is 2.74. The van der Waals surface area contributed by atoms with Crippen molar-refractivity contribution in [1.29, 1.82) is 0 Å². The van der Waals surface area contributed by atoms with Gasteiger partial charge in [-0.25, -0.2) is 13.1 Å². The summed E-state index contributed by atoms with van der Waals surface area (Å²) >= 11 is 0. The number of amides is 1. The first-order chi connectivity index (χ1) is 14.4. The quantitative estimate of drug-likeness (QED) is 0.565. The fraction of sp³-hybridized carbons (Fsp3) is 0.435. The zero-order chi connectivity index (χ0) is 21.4. The summed E-state index contributed by atoms with van der Waals surface area (Å²) in [5, 5.41) is 2.93. The number of benzene rings is 2. The van der Waals surface area contributed by atoms with Crippen LogP contribution < -0.4 is 14.9 Å². The number of likely N-dealkylation sites (tertiary alicyclic amines) is 1. The van der Waals surface area contributed by atoms with Crippen LogP contribution in [0.4, 0.5) is 0 Å². The van der Waals surface area contributed by atoms with Crippen LogP contribution >= 0.6 is 0 Å². The lowest BCUT2D eigenvalue weighted by atomic mass is 10.0. The van der Waals surface area contributed by atoms with Gasteiger partial charge < -0.3 is 10.2 Å². The molecule has 0 aliphatic carbocycles. The zero-order valence-electron chi connectivity index (χ0n) is 17.6. The molecule has 2 aromatic rings.